The van der Waals surface area contributed by atoms with Crippen molar-refractivity contribution in [3.63, 3.8) is 0 Å². The molecule has 0 N–H and O–H groups in total. The second-order valence-electron chi connectivity index (χ2n) is 4.13. The fraction of sp³-hybridized carbons (Fsp3) is 0.385. The molecule has 0 heterocycles. The van der Waals surface area contributed by atoms with E-state index in [4.69, 9.17) is 9.47 Å². The topological polar surface area (TPSA) is 52.6 Å². The Morgan fingerprint density at radius 1 is 1.29 bits per heavy atom. The van der Waals surface area contributed by atoms with Crippen LogP contribution in [-0.4, -0.2) is 25.2 Å². The Morgan fingerprint density at radius 2 is 1.94 bits per heavy atom. The molecule has 1 fully saturated rings. The zero-order chi connectivity index (χ0) is 12.5. The molecule has 2 rings (SSSR count). The van der Waals surface area contributed by atoms with E-state index in [1.165, 1.54) is 14.0 Å². The summed E-state index contributed by atoms with van der Waals surface area (Å²) in [4.78, 5) is 22.8. The van der Waals surface area contributed by atoms with E-state index in [1.54, 1.807) is 0 Å². The van der Waals surface area contributed by atoms with E-state index < -0.39 is 11.5 Å². The molecule has 2 atom stereocenters. The molecule has 1 aromatic rings. The number of carbonyl (C=O) groups excluding carboxylic acids is 2. The molecular formula is C13H14O4. The normalized spacial score (nSPS) is 26.1. The van der Waals surface area contributed by atoms with E-state index >= 15 is 0 Å². The molecule has 0 unspecified atom stereocenters. The molecule has 1 aliphatic carbocycles. The summed E-state index contributed by atoms with van der Waals surface area (Å²) in [5.74, 6) is -0.730. The highest BCUT2D eigenvalue weighted by Gasteiger charge is 2.65. The largest absolute Gasteiger partial charge is 0.468 e. The summed E-state index contributed by atoms with van der Waals surface area (Å²) < 4.78 is 9.93. The van der Waals surface area contributed by atoms with Gasteiger partial charge in [-0.25, -0.2) is 0 Å². The third-order valence-corrected chi connectivity index (χ3v) is 3.04. The average Bonchev–Trinajstić information content (AvgIpc) is 3.03. The fourth-order valence-electron chi connectivity index (χ4n) is 2.13. The number of esters is 2. The molecule has 1 aliphatic rings. The second-order valence-corrected chi connectivity index (χ2v) is 4.13. The average molecular weight is 234 g/mol. The predicted octanol–water partition coefficient (Wildman–Crippen LogP) is 1.43. The summed E-state index contributed by atoms with van der Waals surface area (Å²) in [6, 6.07) is 9.27. The van der Waals surface area contributed by atoms with Gasteiger partial charge in [0, 0.05) is 13.3 Å². The maximum Gasteiger partial charge on any atom is 0.320 e. The Hall–Kier alpha value is -1.84. The van der Waals surface area contributed by atoms with E-state index in [1.807, 2.05) is 30.3 Å². The standard InChI is InChI=1S/C13H14O4/c1-9(14)17-11-8-13(11,12(15)16-2)10-6-4-3-5-7-10/h3-7,11H,8H2,1-2H3/t11-,13+/m0/s1. The van der Waals surface area contributed by atoms with Gasteiger partial charge in [-0.1, -0.05) is 30.3 Å². The van der Waals surface area contributed by atoms with E-state index in [-0.39, 0.29) is 11.9 Å². The predicted molar refractivity (Wildman–Crippen MR) is 60.3 cm³/mol. The number of hydrogen-bond acceptors (Lipinski definition) is 4. The lowest BCUT2D eigenvalue weighted by Crippen LogP contribution is -2.27. The van der Waals surface area contributed by atoms with E-state index in [0.29, 0.717) is 6.42 Å². The van der Waals surface area contributed by atoms with Crippen LogP contribution in [0.5, 0.6) is 0 Å². The Labute approximate surface area is 99.5 Å². The fourth-order valence-corrected chi connectivity index (χ4v) is 2.13. The second kappa shape index (κ2) is 4.20. The first-order valence-electron chi connectivity index (χ1n) is 5.42. The van der Waals surface area contributed by atoms with Gasteiger partial charge in [-0.3, -0.25) is 9.59 Å². The minimum atomic E-state index is -0.804. The van der Waals surface area contributed by atoms with Gasteiger partial charge in [-0.15, -0.1) is 0 Å². The first-order valence-corrected chi connectivity index (χ1v) is 5.42. The van der Waals surface area contributed by atoms with Gasteiger partial charge in [0.25, 0.3) is 0 Å². The van der Waals surface area contributed by atoms with Gasteiger partial charge in [0.2, 0.25) is 0 Å². The van der Waals surface area contributed by atoms with Crippen LogP contribution in [0.1, 0.15) is 18.9 Å². The number of hydrogen-bond donors (Lipinski definition) is 0. The van der Waals surface area contributed by atoms with Crippen molar-refractivity contribution in [2.75, 3.05) is 7.11 Å². The van der Waals surface area contributed by atoms with E-state index in [9.17, 15) is 9.59 Å². The molecule has 0 radical (unpaired) electrons. The number of benzene rings is 1. The molecule has 0 spiro atoms. The molecule has 0 aliphatic heterocycles. The summed E-state index contributed by atoms with van der Waals surface area (Å²) in [5.41, 5.74) is 0.0277. The van der Waals surface area contributed by atoms with Crippen LogP contribution in [-0.2, 0) is 24.5 Å². The lowest BCUT2D eigenvalue weighted by atomic mass is 9.96. The summed E-state index contributed by atoms with van der Waals surface area (Å²) in [7, 11) is 1.34. The number of ether oxygens (including phenoxy) is 2. The van der Waals surface area contributed by atoms with Crippen molar-refractivity contribution in [1.29, 1.82) is 0 Å². The lowest BCUT2D eigenvalue weighted by molar-refractivity contribution is -0.148. The van der Waals surface area contributed by atoms with Crippen molar-refractivity contribution < 1.29 is 19.1 Å². The van der Waals surface area contributed by atoms with Gasteiger partial charge < -0.3 is 9.47 Å². The van der Waals surface area contributed by atoms with Crippen molar-refractivity contribution in [3.05, 3.63) is 35.9 Å². The third kappa shape index (κ3) is 1.90. The quantitative estimate of drug-likeness (QED) is 0.742. The minimum absolute atomic E-state index is 0.352. The van der Waals surface area contributed by atoms with Crippen LogP contribution < -0.4 is 0 Å². The van der Waals surface area contributed by atoms with Gasteiger partial charge in [0.1, 0.15) is 11.5 Å². The Bertz CT molecular complexity index is 440. The van der Waals surface area contributed by atoms with Crippen LogP contribution in [0, 0.1) is 0 Å². The van der Waals surface area contributed by atoms with Crippen molar-refractivity contribution in [3.8, 4) is 0 Å². The van der Waals surface area contributed by atoms with Crippen LogP contribution >= 0.6 is 0 Å². The van der Waals surface area contributed by atoms with Gasteiger partial charge in [-0.2, -0.15) is 0 Å². The highest BCUT2D eigenvalue weighted by atomic mass is 16.6. The SMILES string of the molecule is COC(=O)[C@@]1(c2ccccc2)C[C@@H]1OC(C)=O. The third-order valence-electron chi connectivity index (χ3n) is 3.04. The highest BCUT2D eigenvalue weighted by molar-refractivity contribution is 5.89. The van der Waals surface area contributed by atoms with E-state index in [0.717, 1.165) is 5.56 Å². The van der Waals surface area contributed by atoms with Crippen molar-refractivity contribution in [2.45, 2.75) is 24.9 Å². The summed E-state index contributed by atoms with van der Waals surface area (Å²) >= 11 is 0. The van der Waals surface area contributed by atoms with Crippen molar-refractivity contribution in [2.24, 2.45) is 0 Å². The number of carbonyl (C=O) groups is 2. The molecular weight excluding hydrogens is 220 g/mol. The maximum absolute atomic E-state index is 11.9. The first-order chi connectivity index (χ1) is 8.11. The maximum atomic E-state index is 11.9. The first kappa shape index (κ1) is 11.6. The van der Waals surface area contributed by atoms with Crippen LogP contribution in [0.15, 0.2) is 30.3 Å². The van der Waals surface area contributed by atoms with Crippen molar-refractivity contribution in [1.82, 2.24) is 0 Å². The lowest BCUT2D eigenvalue weighted by Gasteiger charge is -2.14. The van der Waals surface area contributed by atoms with E-state index in [2.05, 4.69) is 0 Å². The monoisotopic (exact) mass is 234 g/mol. The molecule has 0 saturated heterocycles. The van der Waals surface area contributed by atoms with Crippen LogP contribution in [0.4, 0.5) is 0 Å². The molecule has 17 heavy (non-hydrogen) atoms. The smallest absolute Gasteiger partial charge is 0.320 e. The zero-order valence-electron chi connectivity index (χ0n) is 9.80. The Kier molecular flexibility index (Phi) is 2.88. The van der Waals surface area contributed by atoms with Crippen LogP contribution in [0.3, 0.4) is 0 Å². The van der Waals surface area contributed by atoms with Gasteiger partial charge in [0.05, 0.1) is 7.11 Å². The highest BCUT2D eigenvalue weighted by Crippen LogP contribution is 2.51. The summed E-state index contributed by atoms with van der Waals surface area (Å²) in [6.07, 6.45) is 0.0818. The molecule has 1 saturated carbocycles. The van der Waals surface area contributed by atoms with Crippen LogP contribution in [0.2, 0.25) is 0 Å². The molecule has 90 valence electrons. The summed E-state index contributed by atoms with van der Waals surface area (Å²) in [6.45, 7) is 1.34. The minimum Gasteiger partial charge on any atom is -0.468 e. The number of methoxy groups -OCH3 is 1. The van der Waals surface area contributed by atoms with Gasteiger partial charge in [0.15, 0.2) is 0 Å². The number of rotatable bonds is 3. The van der Waals surface area contributed by atoms with Gasteiger partial charge >= 0.3 is 11.9 Å². The molecule has 4 heteroatoms. The Balaban J connectivity index is 2.29. The Morgan fingerprint density at radius 3 is 2.47 bits per heavy atom. The molecule has 4 nitrogen and oxygen atoms in total. The molecule has 0 bridgehead atoms. The molecule has 1 aromatic carbocycles. The molecule has 0 amide bonds. The summed E-state index contributed by atoms with van der Waals surface area (Å²) in [5, 5.41) is 0. The van der Waals surface area contributed by atoms with Crippen LogP contribution in [0.25, 0.3) is 0 Å². The molecule has 0 aromatic heterocycles. The van der Waals surface area contributed by atoms with Gasteiger partial charge in [-0.05, 0) is 5.56 Å². The zero-order valence-corrected chi connectivity index (χ0v) is 9.80. The van der Waals surface area contributed by atoms with Crippen molar-refractivity contribution >= 4 is 11.9 Å².